The van der Waals surface area contributed by atoms with Crippen molar-refractivity contribution >= 4 is 63.1 Å². The molecule has 1 aliphatic heterocycles. The second-order valence-electron chi connectivity index (χ2n) is 8.32. The highest BCUT2D eigenvalue weighted by molar-refractivity contribution is 7.17. The van der Waals surface area contributed by atoms with E-state index in [4.69, 9.17) is 32.7 Å². The van der Waals surface area contributed by atoms with Crippen LogP contribution in [0.1, 0.15) is 38.1 Å². The van der Waals surface area contributed by atoms with E-state index in [2.05, 4.69) is 11.6 Å². The zero-order valence-electron chi connectivity index (χ0n) is 20.6. The fraction of sp³-hybridized carbons (Fsp3) is 0.185. The van der Waals surface area contributed by atoms with Crippen LogP contribution in [0.15, 0.2) is 54.6 Å². The minimum absolute atomic E-state index is 0.00230. The maximum Gasteiger partial charge on any atom is 0.350 e. The number of hydrogen-bond acceptors (Lipinski definition) is 8. The van der Waals surface area contributed by atoms with E-state index < -0.39 is 29.5 Å². The zero-order valence-corrected chi connectivity index (χ0v) is 22.9. The Balaban J connectivity index is 1.92. The molecule has 1 atom stereocenters. The monoisotopic (exact) mass is 572 g/mol. The molecule has 4 rings (SSSR count). The average molecular weight is 573 g/mol. The van der Waals surface area contributed by atoms with Gasteiger partial charge in [-0.2, -0.15) is 0 Å². The first-order valence-electron chi connectivity index (χ1n) is 11.2. The van der Waals surface area contributed by atoms with Gasteiger partial charge in [0.2, 0.25) is 0 Å². The van der Waals surface area contributed by atoms with Crippen LogP contribution in [0.5, 0.6) is 5.75 Å². The summed E-state index contributed by atoms with van der Waals surface area (Å²) in [5, 5.41) is 11.9. The van der Waals surface area contributed by atoms with E-state index in [-0.39, 0.29) is 27.2 Å². The molecule has 0 radical (unpaired) electrons. The third-order valence-corrected chi connectivity index (χ3v) is 7.58. The fourth-order valence-electron chi connectivity index (χ4n) is 4.10. The van der Waals surface area contributed by atoms with Gasteiger partial charge in [-0.3, -0.25) is 14.5 Å². The van der Waals surface area contributed by atoms with Crippen LogP contribution < -0.4 is 9.64 Å². The highest BCUT2D eigenvalue weighted by Gasteiger charge is 2.49. The zero-order chi connectivity index (χ0) is 27.7. The van der Waals surface area contributed by atoms with Crippen LogP contribution in [0.25, 0.3) is 5.76 Å². The number of carbonyl (C=O) groups is 3. The van der Waals surface area contributed by atoms with E-state index >= 15 is 0 Å². The quantitative estimate of drug-likeness (QED) is 0.121. The Labute approximate surface area is 232 Å². The van der Waals surface area contributed by atoms with Gasteiger partial charge in [0.1, 0.15) is 23.0 Å². The van der Waals surface area contributed by atoms with Crippen molar-refractivity contribution in [2.45, 2.75) is 19.9 Å². The number of aliphatic hydroxyl groups excluding tert-OH is 1. The normalized spacial score (nSPS) is 16.6. The lowest BCUT2D eigenvalue weighted by molar-refractivity contribution is -0.132. The number of ketones is 1. The molecule has 1 saturated heterocycles. The predicted octanol–water partition coefficient (Wildman–Crippen LogP) is 6.04. The lowest BCUT2D eigenvalue weighted by Gasteiger charge is -2.24. The van der Waals surface area contributed by atoms with E-state index in [1.807, 2.05) is 0 Å². The van der Waals surface area contributed by atoms with Crippen molar-refractivity contribution in [2.75, 3.05) is 18.6 Å². The van der Waals surface area contributed by atoms with Crippen LogP contribution in [0, 0.1) is 13.8 Å². The molecule has 0 saturated carbocycles. The van der Waals surface area contributed by atoms with Crippen LogP contribution in [0.4, 0.5) is 5.13 Å². The first kappa shape index (κ1) is 27.4. The van der Waals surface area contributed by atoms with Crippen molar-refractivity contribution in [3.05, 3.63) is 91.9 Å². The van der Waals surface area contributed by atoms with E-state index in [9.17, 15) is 19.5 Å². The number of benzene rings is 2. The third kappa shape index (κ3) is 4.92. The molecule has 0 spiro atoms. The molecule has 2 aromatic carbocycles. The summed E-state index contributed by atoms with van der Waals surface area (Å²) < 4.78 is 10.4. The van der Waals surface area contributed by atoms with E-state index in [1.165, 1.54) is 19.3 Å². The number of hydrogen-bond donors (Lipinski definition) is 1. The van der Waals surface area contributed by atoms with Gasteiger partial charge in [-0.25, -0.2) is 9.78 Å². The molecule has 1 aliphatic rings. The van der Waals surface area contributed by atoms with E-state index in [0.29, 0.717) is 33.2 Å². The van der Waals surface area contributed by atoms with E-state index in [0.717, 1.165) is 16.2 Å². The molecule has 1 N–H and O–H groups in total. The molecule has 0 unspecified atom stereocenters. The largest absolute Gasteiger partial charge is 0.507 e. The lowest BCUT2D eigenvalue weighted by atomic mass is 9.95. The van der Waals surface area contributed by atoms with E-state index in [1.54, 1.807) is 44.2 Å². The van der Waals surface area contributed by atoms with Crippen LogP contribution >= 0.6 is 34.5 Å². The first-order valence-corrected chi connectivity index (χ1v) is 12.8. The van der Waals surface area contributed by atoms with Gasteiger partial charge >= 0.3 is 11.9 Å². The van der Waals surface area contributed by atoms with Crippen LogP contribution in [-0.4, -0.2) is 41.5 Å². The number of aryl methyl sites for hydroxylation is 2. The number of thiazole rings is 1. The molecule has 0 aliphatic carbocycles. The smallest absolute Gasteiger partial charge is 0.350 e. The van der Waals surface area contributed by atoms with Gasteiger partial charge in [-0.05, 0) is 55.3 Å². The van der Waals surface area contributed by atoms with Crippen LogP contribution in [0.3, 0.4) is 0 Å². The number of anilines is 1. The second-order valence-corrected chi connectivity index (χ2v) is 10.1. The van der Waals surface area contributed by atoms with Crippen molar-refractivity contribution in [1.29, 1.82) is 0 Å². The minimum Gasteiger partial charge on any atom is -0.507 e. The number of aliphatic hydroxyl groups is 1. The average Bonchev–Trinajstić information content (AvgIpc) is 3.38. The number of carbonyl (C=O) groups excluding carboxylic acids is 3. The number of halogens is 2. The summed E-state index contributed by atoms with van der Waals surface area (Å²) in [4.78, 5) is 45.0. The fourth-order valence-corrected chi connectivity index (χ4v) is 5.60. The lowest BCUT2D eigenvalue weighted by Crippen LogP contribution is -2.29. The van der Waals surface area contributed by atoms with Crippen molar-refractivity contribution < 1.29 is 29.0 Å². The standard InChI is InChI=1S/C27H22Cl2N2O6S/c1-5-10-37-26(35)24-14(3)30-27(38-24)31-21(17-8-7-16(28)12-18(17)29)20(23(33)25(31)34)22(32)15-6-9-19(36-4)13(2)11-15/h5-9,11-12,21,32H,1,10H2,2-4H3/b22-20+/t21-/m1/s1. The van der Waals surface area contributed by atoms with Crippen molar-refractivity contribution in [1.82, 2.24) is 4.98 Å². The van der Waals surface area contributed by atoms with Crippen molar-refractivity contribution in [2.24, 2.45) is 0 Å². The van der Waals surface area contributed by atoms with Gasteiger partial charge in [-0.1, -0.05) is 53.3 Å². The van der Waals surface area contributed by atoms with Crippen LogP contribution in [-0.2, 0) is 14.3 Å². The Morgan fingerprint density at radius 1 is 1.21 bits per heavy atom. The summed E-state index contributed by atoms with van der Waals surface area (Å²) in [6.45, 7) is 6.89. The number of ether oxygens (including phenoxy) is 2. The maximum atomic E-state index is 13.4. The molecule has 11 heteroatoms. The Morgan fingerprint density at radius 2 is 1.95 bits per heavy atom. The van der Waals surface area contributed by atoms with Gasteiger partial charge in [0, 0.05) is 15.6 Å². The molecule has 1 amide bonds. The molecule has 8 nitrogen and oxygen atoms in total. The number of rotatable bonds is 7. The SMILES string of the molecule is C=CCOC(=O)c1sc(N2C(=O)C(=O)/C(=C(/O)c3ccc(OC)c(C)c3)[C@H]2c2ccc(Cl)cc2Cl)nc1C. The highest BCUT2D eigenvalue weighted by Crippen LogP contribution is 2.46. The van der Waals surface area contributed by atoms with Gasteiger partial charge in [-0.15, -0.1) is 0 Å². The summed E-state index contributed by atoms with van der Waals surface area (Å²) in [5.74, 6) is -2.32. The molecular weight excluding hydrogens is 551 g/mol. The second kappa shape index (κ2) is 11.0. The van der Waals surface area contributed by atoms with Crippen molar-refractivity contribution in [3.8, 4) is 5.75 Å². The molecule has 38 heavy (non-hydrogen) atoms. The summed E-state index contributed by atoms with van der Waals surface area (Å²) in [5.41, 5.74) is 1.48. The summed E-state index contributed by atoms with van der Waals surface area (Å²) >= 11 is 13.5. The number of aromatic nitrogens is 1. The number of esters is 1. The summed E-state index contributed by atoms with van der Waals surface area (Å²) in [6, 6.07) is 8.33. The van der Waals surface area contributed by atoms with Gasteiger partial charge < -0.3 is 14.6 Å². The van der Waals surface area contributed by atoms with Crippen LogP contribution in [0.2, 0.25) is 10.0 Å². The molecule has 0 bridgehead atoms. The third-order valence-electron chi connectivity index (χ3n) is 5.88. The van der Waals surface area contributed by atoms with Crippen molar-refractivity contribution in [3.63, 3.8) is 0 Å². The molecule has 3 aromatic rings. The Bertz CT molecular complexity index is 1510. The number of Topliss-reactive ketones (excluding diaryl/α,β-unsaturated/α-hetero) is 1. The summed E-state index contributed by atoms with van der Waals surface area (Å²) in [7, 11) is 1.52. The van der Waals surface area contributed by atoms with Gasteiger partial charge in [0.15, 0.2) is 5.13 Å². The molecule has 1 aromatic heterocycles. The Morgan fingerprint density at radius 3 is 2.58 bits per heavy atom. The molecular formula is C27H22Cl2N2O6S. The minimum atomic E-state index is -1.15. The summed E-state index contributed by atoms with van der Waals surface area (Å²) in [6.07, 6.45) is 1.43. The molecule has 1 fully saturated rings. The van der Waals surface area contributed by atoms with Gasteiger partial charge in [0.25, 0.3) is 5.78 Å². The highest BCUT2D eigenvalue weighted by atomic mass is 35.5. The number of amides is 1. The Hall–Kier alpha value is -3.66. The topological polar surface area (TPSA) is 106 Å². The molecule has 2 heterocycles. The first-order chi connectivity index (χ1) is 18.1. The number of nitrogens with zero attached hydrogens (tertiary/aromatic N) is 2. The number of methoxy groups -OCH3 is 1. The molecule has 196 valence electrons. The Kier molecular flexibility index (Phi) is 7.91. The predicted molar refractivity (Wildman–Crippen MR) is 146 cm³/mol. The van der Waals surface area contributed by atoms with Gasteiger partial charge in [0.05, 0.1) is 24.4 Å². The maximum absolute atomic E-state index is 13.4.